The summed E-state index contributed by atoms with van der Waals surface area (Å²) >= 11 is 13.0. The average molecular weight is 601 g/mol. The van der Waals surface area contributed by atoms with Gasteiger partial charge in [0.05, 0.1) is 24.3 Å². The molecule has 3 atom stereocenters. The van der Waals surface area contributed by atoms with Crippen molar-refractivity contribution in [1.82, 2.24) is 10.6 Å². The van der Waals surface area contributed by atoms with Crippen molar-refractivity contribution in [3.63, 3.8) is 0 Å². The van der Waals surface area contributed by atoms with Crippen LogP contribution in [-0.2, 0) is 20.0 Å². The monoisotopic (exact) mass is 600 g/mol. The fraction of sp³-hybridized carbons (Fsp3) is 0.364. The molecule has 2 N–H and O–H groups in total. The Balaban J connectivity index is 1.44. The van der Waals surface area contributed by atoms with Crippen LogP contribution in [0.4, 0.5) is 26.3 Å². The van der Waals surface area contributed by atoms with Gasteiger partial charge in [0.15, 0.2) is 0 Å². The molecular formula is C22H16Cl2F6N4O3S. The van der Waals surface area contributed by atoms with Gasteiger partial charge in [-0.15, -0.1) is 0 Å². The van der Waals surface area contributed by atoms with Gasteiger partial charge in [0.2, 0.25) is 5.91 Å². The van der Waals surface area contributed by atoms with Crippen LogP contribution in [0.2, 0.25) is 10.0 Å². The van der Waals surface area contributed by atoms with Crippen LogP contribution in [0.1, 0.15) is 12.0 Å². The normalized spacial score (nSPS) is 24.7. The summed E-state index contributed by atoms with van der Waals surface area (Å²) in [5.41, 5.74) is -3.05. The SMILES string of the molecule is O=C(CNC(=O)C1=CC2C=C(C3=NOC(c4cc(Cl)cc(Cl)c4)(C(F)(F)F)C3)SC2N=C1)NCC(F)(F)F. The zero-order valence-corrected chi connectivity index (χ0v) is 21.1. The van der Waals surface area contributed by atoms with Gasteiger partial charge in [0.25, 0.3) is 11.5 Å². The number of allylic oxidation sites excluding steroid dienone is 1. The Kier molecular flexibility index (Phi) is 7.79. The maximum atomic E-state index is 14.2. The summed E-state index contributed by atoms with van der Waals surface area (Å²) in [7, 11) is 0. The minimum atomic E-state index is -4.86. The molecule has 0 radical (unpaired) electrons. The minimum absolute atomic E-state index is 0.00300. The van der Waals surface area contributed by atoms with E-state index in [1.54, 1.807) is 11.4 Å². The number of carbonyl (C=O) groups is 2. The molecule has 0 aliphatic carbocycles. The Bertz CT molecular complexity index is 1260. The molecule has 16 heteroatoms. The van der Waals surface area contributed by atoms with Crippen LogP contribution in [0.5, 0.6) is 0 Å². The quantitative estimate of drug-likeness (QED) is 0.454. The largest absolute Gasteiger partial charge is 0.435 e. The lowest BCUT2D eigenvalue weighted by Gasteiger charge is -2.29. The molecular weight excluding hydrogens is 585 g/mol. The van der Waals surface area contributed by atoms with Crippen molar-refractivity contribution in [3.8, 4) is 0 Å². The molecule has 0 spiro atoms. The van der Waals surface area contributed by atoms with Gasteiger partial charge in [-0.2, -0.15) is 26.3 Å². The highest BCUT2D eigenvalue weighted by Gasteiger charge is 2.63. The zero-order chi connectivity index (χ0) is 27.9. The first-order valence-electron chi connectivity index (χ1n) is 10.7. The van der Waals surface area contributed by atoms with Gasteiger partial charge >= 0.3 is 12.4 Å². The smallest absolute Gasteiger partial charge is 0.374 e. The van der Waals surface area contributed by atoms with Crippen molar-refractivity contribution in [1.29, 1.82) is 0 Å². The number of nitrogens with zero attached hydrogens (tertiary/aromatic N) is 2. The van der Waals surface area contributed by atoms with Crippen LogP contribution >= 0.6 is 35.0 Å². The van der Waals surface area contributed by atoms with E-state index in [1.165, 1.54) is 18.4 Å². The molecule has 0 saturated heterocycles. The van der Waals surface area contributed by atoms with Crippen LogP contribution in [0.15, 0.2) is 51.0 Å². The van der Waals surface area contributed by atoms with E-state index in [0.29, 0.717) is 4.91 Å². The maximum absolute atomic E-state index is 14.2. The Hall–Kier alpha value is -2.71. The number of aliphatic imine (C=N–C) groups is 1. The summed E-state index contributed by atoms with van der Waals surface area (Å²) in [5.74, 6) is -2.28. The van der Waals surface area contributed by atoms with Crippen LogP contribution in [0.3, 0.4) is 0 Å². The number of benzene rings is 1. The number of halogens is 8. The van der Waals surface area contributed by atoms with Crippen molar-refractivity contribution in [3.05, 3.63) is 56.4 Å². The second-order valence-electron chi connectivity index (χ2n) is 8.38. The summed E-state index contributed by atoms with van der Waals surface area (Å²) in [6.45, 7) is -2.22. The second kappa shape index (κ2) is 10.5. The molecule has 0 aromatic heterocycles. The summed E-state index contributed by atoms with van der Waals surface area (Å²) in [4.78, 5) is 33.5. The molecule has 1 aromatic rings. The van der Waals surface area contributed by atoms with E-state index in [0.717, 1.165) is 23.9 Å². The van der Waals surface area contributed by atoms with Crippen molar-refractivity contribution in [2.24, 2.45) is 16.1 Å². The highest BCUT2D eigenvalue weighted by atomic mass is 35.5. The first kappa shape index (κ1) is 28.3. The van der Waals surface area contributed by atoms with Crippen LogP contribution in [0.25, 0.3) is 0 Å². The molecule has 3 unspecified atom stereocenters. The Labute approximate surface area is 225 Å². The van der Waals surface area contributed by atoms with E-state index in [9.17, 15) is 35.9 Å². The summed E-state index contributed by atoms with van der Waals surface area (Å²) in [5, 5.41) is 7.04. The second-order valence-corrected chi connectivity index (χ2v) is 10.4. The number of fused-ring (bicyclic) bond motifs is 1. The number of hydrogen-bond acceptors (Lipinski definition) is 6. The number of nitrogens with one attached hydrogen (secondary N) is 2. The van der Waals surface area contributed by atoms with Gasteiger partial charge in [-0.3, -0.25) is 14.6 Å². The fourth-order valence-corrected chi connectivity index (χ4v) is 5.52. The average Bonchev–Trinajstić information content (AvgIpc) is 3.44. The van der Waals surface area contributed by atoms with E-state index < -0.39 is 60.6 Å². The number of carbonyl (C=O) groups excluding carboxylic acids is 2. The highest BCUT2D eigenvalue weighted by Crippen LogP contribution is 2.52. The Morgan fingerprint density at radius 2 is 1.76 bits per heavy atom. The van der Waals surface area contributed by atoms with Crippen LogP contribution in [-0.4, -0.2) is 54.6 Å². The molecule has 0 saturated carbocycles. The lowest BCUT2D eigenvalue weighted by atomic mass is 9.87. The maximum Gasteiger partial charge on any atom is 0.435 e. The molecule has 1 aromatic carbocycles. The lowest BCUT2D eigenvalue weighted by molar-refractivity contribution is -0.275. The van der Waals surface area contributed by atoms with E-state index >= 15 is 0 Å². The van der Waals surface area contributed by atoms with Gasteiger partial charge in [-0.25, -0.2) is 0 Å². The third-order valence-electron chi connectivity index (χ3n) is 5.61. The molecule has 0 fully saturated rings. The number of dihydropyridines is 1. The van der Waals surface area contributed by atoms with Crippen molar-refractivity contribution in [2.45, 2.75) is 29.7 Å². The number of alkyl halides is 6. The predicted octanol–water partition coefficient (Wildman–Crippen LogP) is 4.91. The van der Waals surface area contributed by atoms with Gasteiger partial charge in [0.1, 0.15) is 11.9 Å². The lowest BCUT2D eigenvalue weighted by Crippen LogP contribution is -2.42. The van der Waals surface area contributed by atoms with Crippen molar-refractivity contribution < 1.29 is 40.8 Å². The molecule has 3 heterocycles. The number of amides is 2. The van der Waals surface area contributed by atoms with Crippen LogP contribution < -0.4 is 10.6 Å². The van der Waals surface area contributed by atoms with Crippen molar-refractivity contribution >= 4 is 58.7 Å². The molecule has 7 nitrogen and oxygen atoms in total. The topological polar surface area (TPSA) is 92.2 Å². The Morgan fingerprint density at radius 1 is 1.08 bits per heavy atom. The predicted molar refractivity (Wildman–Crippen MR) is 129 cm³/mol. The summed E-state index contributed by atoms with van der Waals surface area (Å²) in [6, 6.07) is 3.51. The number of oxime groups is 1. The molecule has 0 bridgehead atoms. The molecule has 3 aliphatic heterocycles. The molecule has 38 heavy (non-hydrogen) atoms. The van der Waals surface area contributed by atoms with E-state index in [-0.39, 0.29) is 26.9 Å². The molecule has 2 amide bonds. The van der Waals surface area contributed by atoms with Gasteiger partial charge < -0.3 is 15.5 Å². The zero-order valence-electron chi connectivity index (χ0n) is 18.8. The first-order valence-corrected chi connectivity index (χ1v) is 12.3. The highest BCUT2D eigenvalue weighted by molar-refractivity contribution is 8.04. The number of rotatable bonds is 6. The van der Waals surface area contributed by atoms with E-state index in [1.807, 2.05) is 0 Å². The van der Waals surface area contributed by atoms with E-state index in [2.05, 4.69) is 15.5 Å². The van der Waals surface area contributed by atoms with Gasteiger partial charge in [-0.05, 0) is 18.2 Å². The molecule has 4 rings (SSSR count). The molecule has 204 valence electrons. The summed E-state index contributed by atoms with van der Waals surface area (Å²) < 4.78 is 79.2. The van der Waals surface area contributed by atoms with Crippen molar-refractivity contribution in [2.75, 3.05) is 13.1 Å². The Morgan fingerprint density at radius 3 is 2.39 bits per heavy atom. The first-order chi connectivity index (χ1) is 17.7. The fourth-order valence-electron chi connectivity index (χ4n) is 3.81. The van der Waals surface area contributed by atoms with E-state index in [4.69, 9.17) is 28.0 Å². The number of thioether (sulfide) groups is 1. The van der Waals surface area contributed by atoms with Gasteiger partial charge in [-0.1, -0.05) is 52.3 Å². The number of hydrogen-bond donors (Lipinski definition) is 2. The standard InChI is InChI=1S/C22H16Cl2F6N4O3S/c23-13-3-12(4-14(24)5-13)20(22(28,29)30)6-15(34-37-20)16-2-10-1-11(7-32-19(10)38-16)18(36)31-8-17(35)33-9-21(25,26)27/h1-5,7,10,19H,6,8-9H2,(H,31,36)(H,33,35). The third kappa shape index (κ3) is 6.12. The summed E-state index contributed by atoms with van der Waals surface area (Å²) in [6.07, 6.45) is -5.81. The van der Waals surface area contributed by atoms with Crippen LogP contribution in [0, 0.1) is 5.92 Å². The molecule has 3 aliphatic rings. The van der Waals surface area contributed by atoms with Gasteiger partial charge in [0, 0.05) is 32.6 Å². The minimum Gasteiger partial charge on any atom is -0.374 e. The third-order valence-corrected chi connectivity index (χ3v) is 7.35.